The van der Waals surface area contributed by atoms with Crippen molar-refractivity contribution >= 4 is 23.1 Å². The smallest absolute Gasteiger partial charge is 0.332 e. The Kier molecular flexibility index (Phi) is 3.31. The maximum Gasteiger partial charge on any atom is 0.332 e. The first-order valence-electron chi connectivity index (χ1n) is 4.03. The van der Waals surface area contributed by atoms with E-state index in [-0.39, 0.29) is 16.6 Å². The van der Waals surface area contributed by atoms with Crippen molar-refractivity contribution in [3.05, 3.63) is 21.2 Å². The molecule has 0 bridgehead atoms. The van der Waals surface area contributed by atoms with Crippen LogP contribution in [0.3, 0.4) is 0 Å². The Bertz CT molecular complexity index is 395. The molecular weight excluding hydrogens is 222 g/mol. The maximum atomic E-state index is 10.6. The summed E-state index contributed by atoms with van der Waals surface area (Å²) in [5.74, 6) is 0.382. The summed E-state index contributed by atoms with van der Waals surface area (Å²) in [5.41, 5.74) is -0.242. The molecule has 0 fully saturated rings. The van der Waals surface area contributed by atoms with E-state index in [1.807, 2.05) is 0 Å². The SMILES string of the molecule is COc1nc(N(C)C)c(Cl)cc1[N+](=O)[O-]. The normalized spacial score (nSPS) is 9.87. The number of methoxy groups -OCH3 is 1. The molecule has 0 saturated heterocycles. The molecular formula is C8H10ClN3O3. The first-order valence-corrected chi connectivity index (χ1v) is 4.41. The second kappa shape index (κ2) is 4.31. The average molecular weight is 232 g/mol. The van der Waals surface area contributed by atoms with Crippen LogP contribution in [-0.2, 0) is 0 Å². The number of hydrogen-bond acceptors (Lipinski definition) is 5. The Morgan fingerprint density at radius 3 is 2.60 bits per heavy atom. The monoisotopic (exact) mass is 231 g/mol. The quantitative estimate of drug-likeness (QED) is 0.585. The molecule has 15 heavy (non-hydrogen) atoms. The lowest BCUT2D eigenvalue weighted by molar-refractivity contribution is -0.386. The molecule has 1 aromatic heterocycles. The lowest BCUT2D eigenvalue weighted by Crippen LogP contribution is -2.12. The third kappa shape index (κ3) is 2.27. The van der Waals surface area contributed by atoms with E-state index < -0.39 is 4.92 Å². The highest BCUT2D eigenvalue weighted by atomic mass is 35.5. The van der Waals surface area contributed by atoms with Crippen molar-refractivity contribution in [2.45, 2.75) is 0 Å². The van der Waals surface area contributed by atoms with Gasteiger partial charge >= 0.3 is 5.69 Å². The van der Waals surface area contributed by atoms with Gasteiger partial charge in [0, 0.05) is 20.2 Å². The van der Waals surface area contributed by atoms with Crippen molar-refractivity contribution in [2.24, 2.45) is 0 Å². The van der Waals surface area contributed by atoms with Gasteiger partial charge in [-0.25, -0.2) is 0 Å². The molecule has 0 unspecified atom stereocenters. The summed E-state index contributed by atoms with van der Waals surface area (Å²) in [6, 6.07) is 1.22. The summed E-state index contributed by atoms with van der Waals surface area (Å²) in [6.45, 7) is 0. The number of hydrogen-bond donors (Lipinski definition) is 0. The first-order chi connectivity index (χ1) is 6.97. The number of anilines is 1. The van der Waals surface area contributed by atoms with Gasteiger partial charge in [0.15, 0.2) is 5.82 Å². The van der Waals surface area contributed by atoms with Crippen molar-refractivity contribution in [2.75, 3.05) is 26.1 Å². The summed E-state index contributed by atoms with van der Waals surface area (Å²) in [6.07, 6.45) is 0. The van der Waals surface area contributed by atoms with Crippen molar-refractivity contribution in [3.63, 3.8) is 0 Å². The topological polar surface area (TPSA) is 68.5 Å². The van der Waals surface area contributed by atoms with Gasteiger partial charge in [-0.1, -0.05) is 11.6 Å². The van der Waals surface area contributed by atoms with E-state index in [0.29, 0.717) is 5.82 Å². The minimum absolute atomic E-state index is 0.0481. The van der Waals surface area contributed by atoms with Crippen LogP contribution in [0.5, 0.6) is 5.88 Å². The van der Waals surface area contributed by atoms with Crippen LogP contribution >= 0.6 is 11.6 Å². The molecule has 6 nitrogen and oxygen atoms in total. The van der Waals surface area contributed by atoms with Crippen LogP contribution in [0, 0.1) is 10.1 Å². The average Bonchev–Trinajstić information content (AvgIpc) is 2.16. The van der Waals surface area contributed by atoms with Crippen molar-refractivity contribution < 1.29 is 9.66 Å². The highest BCUT2D eigenvalue weighted by Crippen LogP contribution is 2.33. The first kappa shape index (κ1) is 11.5. The second-order valence-corrected chi connectivity index (χ2v) is 3.38. The Labute approximate surface area is 91.6 Å². The highest BCUT2D eigenvalue weighted by Gasteiger charge is 2.20. The van der Waals surface area contributed by atoms with E-state index in [2.05, 4.69) is 4.98 Å². The predicted octanol–water partition coefficient (Wildman–Crippen LogP) is 1.72. The van der Waals surface area contributed by atoms with Crippen LogP contribution in [0.25, 0.3) is 0 Å². The third-order valence-corrected chi connectivity index (χ3v) is 2.00. The number of nitro groups is 1. The van der Waals surface area contributed by atoms with E-state index in [1.54, 1.807) is 19.0 Å². The summed E-state index contributed by atoms with van der Waals surface area (Å²) >= 11 is 5.83. The molecule has 0 spiro atoms. The molecule has 1 rings (SSSR count). The highest BCUT2D eigenvalue weighted by molar-refractivity contribution is 6.33. The number of rotatable bonds is 3. The van der Waals surface area contributed by atoms with Gasteiger partial charge in [0.05, 0.1) is 17.1 Å². The van der Waals surface area contributed by atoms with E-state index in [9.17, 15) is 10.1 Å². The molecule has 82 valence electrons. The van der Waals surface area contributed by atoms with E-state index >= 15 is 0 Å². The molecule has 1 aromatic rings. The number of aromatic nitrogens is 1. The van der Waals surface area contributed by atoms with Crippen LogP contribution in [-0.4, -0.2) is 31.1 Å². The second-order valence-electron chi connectivity index (χ2n) is 2.97. The van der Waals surface area contributed by atoms with Gasteiger partial charge in [0.1, 0.15) is 0 Å². The largest absolute Gasteiger partial charge is 0.476 e. The molecule has 0 aliphatic rings. The zero-order valence-corrected chi connectivity index (χ0v) is 9.28. The van der Waals surface area contributed by atoms with E-state index in [1.165, 1.54) is 13.2 Å². The lowest BCUT2D eigenvalue weighted by atomic mass is 10.4. The molecule has 0 saturated carbocycles. The molecule has 7 heteroatoms. The molecule has 1 heterocycles. The summed E-state index contributed by atoms with van der Waals surface area (Å²) in [7, 11) is 4.79. The van der Waals surface area contributed by atoms with Gasteiger partial charge in [-0.15, -0.1) is 0 Å². The van der Waals surface area contributed by atoms with Gasteiger partial charge in [-0.2, -0.15) is 4.98 Å². The number of nitrogens with zero attached hydrogens (tertiary/aromatic N) is 3. The summed E-state index contributed by atoms with van der Waals surface area (Å²) in [5, 5.41) is 10.8. The number of pyridine rings is 1. The van der Waals surface area contributed by atoms with Crippen LogP contribution < -0.4 is 9.64 Å². The van der Waals surface area contributed by atoms with Gasteiger partial charge < -0.3 is 9.64 Å². The third-order valence-electron chi connectivity index (χ3n) is 1.72. The minimum Gasteiger partial charge on any atom is -0.476 e. The number of ether oxygens (including phenoxy) is 1. The summed E-state index contributed by atoms with van der Waals surface area (Å²) in [4.78, 5) is 15.6. The van der Waals surface area contributed by atoms with Crippen LogP contribution in [0.1, 0.15) is 0 Å². The van der Waals surface area contributed by atoms with Gasteiger partial charge in [0.25, 0.3) is 5.88 Å². The van der Waals surface area contributed by atoms with E-state index in [4.69, 9.17) is 16.3 Å². The zero-order chi connectivity index (χ0) is 11.6. The van der Waals surface area contributed by atoms with Crippen molar-refractivity contribution in [1.29, 1.82) is 0 Å². The fraction of sp³-hybridized carbons (Fsp3) is 0.375. The maximum absolute atomic E-state index is 10.6. The van der Waals surface area contributed by atoms with Gasteiger partial charge in [-0.3, -0.25) is 10.1 Å². The Morgan fingerprint density at radius 2 is 2.20 bits per heavy atom. The molecule has 0 aliphatic carbocycles. The molecule has 0 N–H and O–H groups in total. The van der Waals surface area contributed by atoms with Crippen molar-refractivity contribution in [1.82, 2.24) is 4.98 Å². The number of halogens is 1. The van der Waals surface area contributed by atoms with Crippen LogP contribution in [0.4, 0.5) is 11.5 Å². The van der Waals surface area contributed by atoms with Gasteiger partial charge in [0.2, 0.25) is 0 Å². The molecule has 0 radical (unpaired) electrons. The Balaban J connectivity index is 3.35. The standard InChI is InChI=1S/C8H10ClN3O3/c1-11(2)7-5(9)4-6(12(13)14)8(10-7)15-3/h4H,1-3H3. The Hall–Kier alpha value is -1.56. The van der Waals surface area contributed by atoms with Crippen molar-refractivity contribution in [3.8, 4) is 5.88 Å². The zero-order valence-electron chi connectivity index (χ0n) is 8.52. The molecule has 0 atom stereocenters. The molecule has 0 aromatic carbocycles. The molecule has 0 aliphatic heterocycles. The minimum atomic E-state index is -0.586. The van der Waals surface area contributed by atoms with Crippen LogP contribution in [0.2, 0.25) is 5.02 Å². The van der Waals surface area contributed by atoms with Gasteiger partial charge in [-0.05, 0) is 0 Å². The fourth-order valence-corrected chi connectivity index (χ4v) is 1.36. The molecule has 0 amide bonds. The fourth-order valence-electron chi connectivity index (χ4n) is 1.05. The lowest BCUT2D eigenvalue weighted by Gasteiger charge is -2.13. The predicted molar refractivity (Wildman–Crippen MR) is 56.8 cm³/mol. The van der Waals surface area contributed by atoms with Crippen LogP contribution in [0.15, 0.2) is 6.07 Å². The van der Waals surface area contributed by atoms with E-state index in [0.717, 1.165) is 0 Å². The summed E-state index contributed by atoms with van der Waals surface area (Å²) < 4.78 is 4.81. The Morgan fingerprint density at radius 1 is 1.60 bits per heavy atom.